The summed E-state index contributed by atoms with van der Waals surface area (Å²) >= 11 is 0. The van der Waals surface area contributed by atoms with Crippen LogP contribution in [0.4, 0.5) is 5.69 Å². The number of nitrogens with zero attached hydrogens (tertiary/aromatic N) is 2. The lowest BCUT2D eigenvalue weighted by Crippen LogP contribution is -2.29. The van der Waals surface area contributed by atoms with Gasteiger partial charge in [0, 0.05) is 37.6 Å². The molecule has 2 aromatic rings. The summed E-state index contributed by atoms with van der Waals surface area (Å²) in [7, 11) is 2.07. The highest BCUT2D eigenvalue weighted by Gasteiger charge is 2.01. The third-order valence-corrected chi connectivity index (χ3v) is 3.35. The fourth-order valence-electron chi connectivity index (χ4n) is 2.08. The lowest BCUT2D eigenvalue weighted by Gasteiger charge is -2.17. The summed E-state index contributed by atoms with van der Waals surface area (Å²) < 4.78 is 1.66. The fourth-order valence-corrected chi connectivity index (χ4v) is 2.08. The number of aromatic nitrogens is 1. The Morgan fingerprint density at radius 1 is 1.10 bits per heavy atom. The Morgan fingerprint density at radius 3 is 2.60 bits per heavy atom. The van der Waals surface area contributed by atoms with Crippen molar-refractivity contribution in [2.75, 3.05) is 25.9 Å². The smallest absolute Gasteiger partial charge is 0.250 e. The van der Waals surface area contributed by atoms with Crippen LogP contribution in [-0.2, 0) is 13.0 Å². The number of rotatable bonds is 6. The van der Waals surface area contributed by atoms with Gasteiger partial charge in [-0.15, -0.1) is 0 Å². The van der Waals surface area contributed by atoms with Gasteiger partial charge in [-0.3, -0.25) is 4.79 Å². The van der Waals surface area contributed by atoms with Gasteiger partial charge in [-0.2, -0.15) is 0 Å². The van der Waals surface area contributed by atoms with E-state index in [4.69, 9.17) is 5.73 Å². The predicted molar refractivity (Wildman–Crippen MR) is 82.8 cm³/mol. The fraction of sp³-hybridized carbons (Fsp3) is 0.312. The van der Waals surface area contributed by atoms with Crippen molar-refractivity contribution in [3.05, 3.63) is 64.6 Å². The largest absolute Gasteiger partial charge is 0.398 e. The van der Waals surface area contributed by atoms with E-state index in [1.54, 1.807) is 16.8 Å². The van der Waals surface area contributed by atoms with Crippen molar-refractivity contribution >= 4 is 5.69 Å². The van der Waals surface area contributed by atoms with Gasteiger partial charge in [0.15, 0.2) is 0 Å². The normalized spacial score (nSPS) is 10.9. The van der Waals surface area contributed by atoms with Crippen LogP contribution in [-0.4, -0.2) is 29.6 Å². The monoisotopic (exact) mass is 271 g/mol. The van der Waals surface area contributed by atoms with Crippen LogP contribution in [0.25, 0.3) is 0 Å². The molecule has 4 heteroatoms. The zero-order valence-corrected chi connectivity index (χ0v) is 11.8. The first-order valence-corrected chi connectivity index (χ1v) is 6.83. The molecule has 0 bridgehead atoms. The van der Waals surface area contributed by atoms with Crippen molar-refractivity contribution in [2.45, 2.75) is 13.0 Å². The molecule has 0 amide bonds. The molecule has 0 fully saturated rings. The average molecular weight is 271 g/mol. The first-order valence-electron chi connectivity index (χ1n) is 6.83. The number of benzene rings is 1. The molecule has 0 unspecified atom stereocenters. The van der Waals surface area contributed by atoms with E-state index in [1.807, 2.05) is 6.07 Å². The van der Waals surface area contributed by atoms with Crippen LogP contribution < -0.4 is 11.3 Å². The molecule has 0 aliphatic rings. The summed E-state index contributed by atoms with van der Waals surface area (Å²) in [6, 6.07) is 13.6. The number of hydrogen-bond acceptors (Lipinski definition) is 3. The molecule has 0 aliphatic carbocycles. The van der Waals surface area contributed by atoms with E-state index in [0.29, 0.717) is 12.2 Å². The van der Waals surface area contributed by atoms with Crippen molar-refractivity contribution in [3.8, 4) is 0 Å². The van der Waals surface area contributed by atoms with Crippen LogP contribution in [0.1, 0.15) is 5.56 Å². The topological polar surface area (TPSA) is 51.3 Å². The summed E-state index contributed by atoms with van der Waals surface area (Å²) in [5.41, 5.74) is 7.65. The van der Waals surface area contributed by atoms with Gasteiger partial charge >= 0.3 is 0 Å². The minimum absolute atomic E-state index is 0.00402. The number of anilines is 1. The van der Waals surface area contributed by atoms with E-state index in [1.165, 1.54) is 11.6 Å². The Bertz CT molecular complexity index is 592. The number of nitrogen functional groups attached to an aromatic ring is 1. The summed E-state index contributed by atoms with van der Waals surface area (Å²) in [6.45, 7) is 2.46. The summed E-state index contributed by atoms with van der Waals surface area (Å²) in [5, 5.41) is 0. The van der Waals surface area contributed by atoms with E-state index in [-0.39, 0.29) is 5.56 Å². The SMILES string of the molecule is CN(CCc1ccccc1)CCn1cc(N)ccc1=O. The standard InChI is InChI=1S/C16H21N3O/c1-18(10-9-14-5-3-2-4-6-14)11-12-19-13-15(17)7-8-16(19)20/h2-8,13H,9-12,17H2,1H3. The molecular formula is C16H21N3O. The van der Waals surface area contributed by atoms with E-state index in [2.05, 4.69) is 36.2 Å². The average Bonchev–Trinajstić information content (AvgIpc) is 2.47. The molecule has 0 aliphatic heterocycles. The van der Waals surface area contributed by atoms with Gasteiger partial charge in [0.25, 0.3) is 5.56 Å². The third-order valence-electron chi connectivity index (χ3n) is 3.35. The van der Waals surface area contributed by atoms with E-state index in [9.17, 15) is 4.79 Å². The molecule has 1 aromatic heterocycles. The maximum absolute atomic E-state index is 11.7. The van der Waals surface area contributed by atoms with E-state index in [0.717, 1.165) is 19.5 Å². The van der Waals surface area contributed by atoms with E-state index >= 15 is 0 Å². The molecule has 0 radical (unpaired) electrons. The minimum atomic E-state index is -0.00402. The Kier molecular flexibility index (Phi) is 4.96. The van der Waals surface area contributed by atoms with Gasteiger partial charge < -0.3 is 15.2 Å². The van der Waals surface area contributed by atoms with Crippen molar-refractivity contribution < 1.29 is 0 Å². The lowest BCUT2D eigenvalue weighted by atomic mass is 10.1. The molecule has 2 rings (SSSR count). The molecule has 0 saturated heterocycles. The molecule has 2 N–H and O–H groups in total. The molecule has 0 atom stereocenters. The van der Waals surface area contributed by atoms with Crippen LogP contribution >= 0.6 is 0 Å². The van der Waals surface area contributed by atoms with Gasteiger partial charge in [0.2, 0.25) is 0 Å². The second kappa shape index (κ2) is 6.91. The Labute approximate surface area is 119 Å². The Hall–Kier alpha value is -2.07. The van der Waals surface area contributed by atoms with Crippen molar-refractivity contribution in [1.29, 1.82) is 0 Å². The highest BCUT2D eigenvalue weighted by Crippen LogP contribution is 2.01. The molecule has 1 heterocycles. The quantitative estimate of drug-likeness (QED) is 0.868. The first kappa shape index (κ1) is 14.3. The maximum Gasteiger partial charge on any atom is 0.250 e. The molecule has 20 heavy (non-hydrogen) atoms. The van der Waals surface area contributed by atoms with Gasteiger partial charge in [0.05, 0.1) is 0 Å². The predicted octanol–water partition coefficient (Wildman–Crippen LogP) is 1.60. The number of likely N-dealkylation sites (N-methyl/N-ethyl adjacent to an activating group) is 1. The Morgan fingerprint density at radius 2 is 1.85 bits per heavy atom. The van der Waals surface area contributed by atoms with Crippen LogP contribution in [0.3, 0.4) is 0 Å². The number of hydrogen-bond donors (Lipinski definition) is 1. The minimum Gasteiger partial charge on any atom is -0.398 e. The van der Waals surface area contributed by atoms with Crippen LogP contribution in [0.2, 0.25) is 0 Å². The molecule has 1 aromatic carbocycles. The molecular weight excluding hydrogens is 250 g/mol. The third kappa shape index (κ3) is 4.24. The first-order chi connectivity index (χ1) is 9.65. The zero-order chi connectivity index (χ0) is 14.4. The van der Waals surface area contributed by atoms with E-state index < -0.39 is 0 Å². The second-order valence-corrected chi connectivity index (χ2v) is 5.03. The summed E-state index contributed by atoms with van der Waals surface area (Å²) in [6.07, 6.45) is 2.72. The zero-order valence-electron chi connectivity index (χ0n) is 11.8. The van der Waals surface area contributed by atoms with Crippen molar-refractivity contribution in [1.82, 2.24) is 9.47 Å². The highest BCUT2D eigenvalue weighted by atomic mass is 16.1. The highest BCUT2D eigenvalue weighted by molar-refractivity contribution is 5.33. The summed E-state index contributed by atoms with van der Waals surface area (Å²) in [5.74, 6) is 0. The molecule has 106 valence electrons. The Balaban J connectivity index is 1.82. The van der Waals surface area contributed by atoms with Crippen LogP contribution in [0.5, 0.6) is 0 Å². The molecule has 0 saturated carbocycles. The molecule has 0 spiro atoms. The van der Waals surface area contributed by atoms with Gasteiger partial charge in [-0.05, 0) is 25.1 Å². The second-order valence-electron chi connectivity index (χ2n) is 5.03. The van der Waals surface area contributed by atoms with Crippen molar-refractivity contribution in [3.63, 3.8) is 0 Å². The van der Waals surface area contributed by atoms with Gasteiger partial charge in [-0.1, -0.05) is 30.3 Å². The van der Waals surface area contributed by atoms with Crippen LogP contribution in [0.15, 0.2) is 53.5 Å². The lowest BCUT2D eigenvalue weighted by molar-refractivity contribution is 0.321. The summed E-state index contributed by atoms with van der Waals surface area (Å²) in [4.78, 5) is 13.9. The van der Waals surface area contributed by atoms with Crippen molar-refractivity contribution in [2.24, 2.45) is 0 Å². The maximum atomic E-state index is 11.7. The molecule has 4 nitrogen and oxygen atoms in total. The number of nitrogens with two attached hydrogens (primary N) is 1. The number of pyridine rings is 1. The van der Waals surface area contributed by atoms with Crippen LogP contribution in [0, 0.1) is 0 Å². The van der Waals surface area contributed by atoms with Gasteiger partial charge in [-0.25, -0.2) is 0 Å². The van der Waals surface area contributed by atoms with Gasteiger partial charge in [0.1, 0.15) is 0 Å².